The molecule has 0 bridgehead atoms. The van der Waals surface area contributed by atoms with Gasteiger partial charge in [-0.15, -0.1) is 0 Å². The summed E-state index contributed by atoms with van der Waals surface area (Å²) in [6.45, 7) is 3.34. The van der Waals surface area contributed by atoms with Gasteiger partial charge in [0.25, 0.3) is 5.91 Å². The standard InChI is InChI=1S/C15H17N3O4/c1-10-3-5-12(6-4-10)22-11(2)15(21)16-13-7-8-18(17-13)9-14(19)20/h3-8,11H,9H2,1-2H3,(H,19,20)(H,16,17,21). The largest absolute Gasteiger partial charge is 0.481 e. The van der Waals surface area contributed by atoms with Gasteiger partial charge in [0, 0.05) is 12.3 Å². The predicted octanol–water partition coefficient (Wildman–Crippen LogP) is 1.68. The van der Waals surface area contributed by atoms with Crippen LogP contribution in [0.1, 0.15) is 12.5 Å². The summed E-state index contributed by atoms with van der Waals surface area (Å²) in [6.07, 6.45) is 0.780. The highest BCUT2D eigenvalue weighted by atomic mass is 16.5. The van der Waals surface area contributed by atoms with E-state index in [9.17, 15) is 9.59 Å². The van der Waals surface area contributed by atoms with Crippen LogP contribution in [0.5, 0.6) is 5.75 Å². The first-order valence-electron chi connectivity index (χ1n) is 6.73. The van der Waals surface area contributed by atoms with E-state index < -0.39 is 12.1 Å². The Morgan fingerprint density at radius 2 is 2.00 bits per heavy atom. The third-order valence-electron chi connectivity index (χ3n) is 2.89. The van der Waals surface area contributed by atoms with Gasteiger partial charge in [-0.05, 0) is 26.0 Å². The van der Waals surface area contributed by atoms with Crippen molar-refractivity contribution in [3.8, 4) is 5.75 Å². The van der Waals surface area contributed by atoms with Gasteiger partial charge in [-0.3, -0.25) is 14.3 Å². The van der Waals surface area contributed by atoms with E-state index in [0.717, 1.165) is 5.56 Å². The number of aryl methyl sites for hydroxylation is 1. The number of carbonyl (C=O) groups excluding carboxylic acids is 1. The summed E-state index contributed by atoms with van der Waals surface area (Å²) >= 11 is 0. The molecule has 0 aliphatic carbocycles. The van der Waals surface area contributed by atoms with E-state index in [1.165, 1.54) is 16.9 Å². The SMILES string of the molecule is Cc1ccc(OC(C)C(=O)Nc2ccn(CC(=O)O)n2)cc1. The van der Waals surface area contributed by atoms with Gasteiger partial charge >= 0.3 is 5.97 Å². The van der Waals surface area contributed by atoms with Gasteiger partial charge in [0.05, 0.1) is 0 Å². The lowest BCUT2D eigenvalue weighted by atomic mass is 10.2. The van der Waals surface area contributed by atoms with Crippen molar-refractivity contribution in [2.75, 3.05) is 5.32 Å². The number of benzene rings is 1. The third kappa shape index (κ3) is 4.34. The maximum Gasteiger partial charge on any atom is 0.325 e. The third-order valence-corrected chi connectivity index (χ3v) is 2.89. The monoisotopic (exact) mass is 303 g/mol. The fourth-order valence-electron chi connectivity index (χ4n) is 1.76. The number of aromatic nitrogens is 2. The molecule has 0 aliphatic rings. The van der Waals surface area contributed by atoms with Gasteiger partial charge in [0.15, 0.2) is 11.9 Å². The summed E-state index contributed by atoms with van der Waals surface area (Å²) < 4.78 is 6.76. The normalized spacial score (nSPS) is 11.7. The molecule has 1 aromatic heterocycles. The average Bonchev–Trinajstić information content (AvgIpc) is 2.87. The van der Waals surface area contributed by atoms with Crippen molar-refractivity contribution in [2.24, 2.45) is 0 Å². The van der Waals surface area contributed by atoms with E-state index in [2.05, 4.69) is 10.4 Å². The number of carboxylic acid groups (broad SMARTS) is 1. The molecule has 22 heavy (non-hydrogen) atoms. The molecule has 1 heterocycles. The van der Waals surface area contributed by atoms with Crippen molar-refractivity contribution in [3.05, 3.63) is 42.1 Å². The topological polar surface area (TPSA) is 93.5 Å². The number of ether oxygens (including phenoxy) is 1. The molecule has 1 atom stereocenters. The van der Waals surface area contributed by atoms with Crippen LogP contribution in [0.3, 0.4) is 0 Å². The number of hydrogen-bond acceptors (Lipinski definition) is 4. The molecule has 0 saturated carbocycles. The van der Waals surface area contributed by atoms with E-state index in [0.29, 0.717) is 5.75 Å². The fourth-order valence-corrected chi connectivity index (χ4v) is 1.76. The maximum absolute atomic E-state index is 12.0. The second kappa shape index (κ2) is 6.75. The zero-order valence-electron chi connectivity index (χ0n) is 12.3. The van der Waals surface area contributed by atoms with Crippen LogP contribution >= 0.6 is 0 Å². The molecule has 7 nitrogen and oxygen atoms in total. The summed E-state index contributed by atoms with van der Waals surface area (Å²) in [5.74, 6) is -0.478. The molecule has 0 fully saturated rings. The number of nitrogens with one attached hydrogen (secondary N) is 1. The van der Waals surface area contributed by atoms with E-state index >= 15 is 0 Å². The summed E-state index contributed by atoms with van der Waals surface area (Å²) in [4.78, 5) is 22.6. The molecule has 0 radical (unpaired) electrons. The van der Waals surface area contributed by atoms with Crippen molar-refractivity contribution >= 4 is 17.7 Å². The second-order valence-electron chi connectivity index (χ2n) is 4.85. The number of carboxylic acids is 1. The Morgan fingerprint density at radius 3 is 2.64 bits per heavy atom. The molecule has 7 heteroatoms. The molecule has 2 rings (SSSR count). The smallest absolute Gasteiger partial charge is 0.325 e. The van der Waals surface area contributed by atoms with Gasteiger partial charge in [0.1, 0.15) is 12.3 Å². The van der Waals surface area contributed by atoms with Crippen LogP contribution in [0.2, 0.25) is 0 Å². The van der Waals surface area contributed by atoms with Crippen LogP contribution in [0, 0.1) is 6.92 Å². The highest BCUT2D eigenvalue weighted by Crippen LogP contribution is 2.14. The van der Waals surface area contributed by atoms with Crippen LogP contribution in [-0.2, 0) is 16.1 Å². The minimum absolute atomic E-state index is 0.259. The van der Waals surface area contributed by atoms with Crippen molar-refractivity contribution < 1.29 is 19.4 Å². The van der Waals surface area contributed by atoms with E-state index in [1.54, 1.807) is 19.1 Å². The Hall–Kier alpha value is -2.83. The van der Waals surface area contributed by atoms with Crippen molar-refractivity contribution in [2.45, 2.75) is 26.5 Å². The lowest BCUT2D eigenvalue weighted by Gasteiger charge is -2.13. The Morgan fingerprint density at radius 1 is 1.32 bits per heavy atom. The molecule has 2 N–H and O–H groups in total. The molecule has 116 valence electrons. The van der Waals surface area contributed by atoms with Gasteiger partial charge in [-0.2, -0.15) is 5.10 Å². The first-order chi connectivity index (χ1) is 10.4. The maximum atomic E-state index is 12.0. The summed E-state index contributed by atoms with van der Waals surface area (Å²) in [7, 11) is 0. The van der Waals surface area contributed by atoms with E-state index in [-0.39, 0.29) is 18.3 Å². The molecule has 1 amide bonds. The van der Waals surface area contributed by atoms with E-state index in [1.807, 2.05) is 19.1 Å². The Balaban J connectivity index is 1.92. The minimum Gasteiger partial charge on any atom is -0.481 e. The zero-order chi connectivity index (χ0) is 16.1. The lowest BCUT2D eigenvalue weighted by molar-refractivity contribution is -0.137. The molecule has 0 aliphatic heterocycles. The van der Waals surface area contributed by atoms with Crippen molar-refractivity contribution in [3.63, 3.8) is 0 Å². The second-order valence-corrected chi connectivity index (χ2v) is 4.85. The Kier molecular flexibility index (Phi) is 4.77. The van der Waals surface area contributed by atoms with Crippen LogP contribution in [0.25, 0.3) is 0 Å². The minimum atomic E-state index is -1.00. The molecule has 1 aromatic carbocycles. The zero-order valence-corrected chi connectivity index (χ0v) is 12.3. The number of rotatable bonds is 6. The van der Waals surface area contributed by atoms with Gasteiger partial charge in [0.2, 0.25) is 0 Å². The van der Waals surface area contributed by atoms with Gasteiger partial charge < -0.3 is 15.2 Å². The van der Waals surface area contributed by atoms with Gasteiger partial charge in [-0.25, -0.2) is 0 Å². The fraction of sp³-hybridized carbons (Fsp3) is 0.267. The van der Waals surface area contributed by atoms with Crippen LogP contribution < -0.4 is 10.1 Å². The van der Waals surface area contributed by atoms with Gasteiger partial charge in [-0.1, -0.05) is 17.7 Å². The van der Waals surface area contributed by atoms with E-state index in [4.69, 9.17) is 9.84 Å². The van der Waals surface area contributed by atoms with Crippen LogP contribution in [0.4, 0.5) is 5.82 Å². The Labute approximate surface area is 127 Å². The molecular formula is C15H17N3O4. The molecule has 0 spiro atoms. The number of anilines is 1. The summed E-state index contributed by atoms with van der Waals surface area (Å²) in [6, 6.07) is 8.90. The van der Waals surface area contributed by atoms with Crippen molar-refractivity contribution in [1.29, 1.82) is 0 Å². The predicted molar refractivity (Wildman–Crippen MR) is 79.8 cm³/mol. The number of aliphatic carboxylic acids is 1. The highest BCUT2D eigenvalue weighted by molar-refractivity contribution is 5.93. The first-order valence-corrected chi connectivity index (χ1v) is 6.73. The lowest BCUT2D eigenvalue weighted by Crippen LogP contribution is -2.30. The van der Waals surface area contributed by atoms with Crippen molar-refractivity contribution in [1.82, 2.24) is 9.78 Å². The molecule has 2 aromatic rings. The highest BCUT2D eigenvalue weighted by Gasteiger charge is 2.16. The first kappa shape index (κ1) is 15.6. The molecule has 1 unspecified atom stereocenters. The molecule has 0 saturated heterocycles. The summed E-state index contributed by atoms with van der Waals surface area (Å²) in [5, 5.41) is 15.2. The van der Waals surface area contributed by atoms with Crippen LogP contribution in [0.15, 0.2) is 36.5 Å². The summed E-state index contributed by atoms with van der Waals surface area (Å²) in [5.41, 5.74) is 1.11. The number of amides is 1. The van der Waals surface area contributed by atoms with Crippen LogP contribution in [-0.4, -0.2) is 32.9 Å². The number of carbonyl (C=O) groups is 2. The number of hydrogen-bond donors (Lipinski definition) is 2. The Bertz CT molecular complexity index is 664. The average molecular weight is 303 g/mol. The number of nitrogens with zero attached hydrogens (tertiary/aromatic N) is 2. The molecular weight excluding hydrogens is 286 g/mol. The quantitative estimate of drug-likeness (QED) is 0.847.